The van der Waals surface area contributed by atoms with Crippen LogP contribution in [0.4, 0.5) is 11.4 Å². The van der Waals surface area contributed by atoms with Crippen molar-refractivity contribution in [2.75, 3.05) is 11.5 Å². The van der Waals surface area contributed by atoms with Crippen molar-refractivity contribution in [2.45, 2.75) is 11.5 Å². The first kappa shape index (κ1) is 12.8. The maximum atomic E-state index is 12.1. The lowest BCUT2D eigenvalue weighted by Crippen LogP contribution is -2.10. The molecule has 0 aliphatic heterocycles. The Balaban J connectivity index is 2.04. The molecule has 4 heteroatoms. The third kappa shape index (κ3) is 3.18. The van der Waals surface area contributed by atoms with E-state index < -0.39 is 11.2 Å². The van der Waals surface area contributed by atoms with Gasteiger partial charge in [0.15, 0.2) is 0 Å². The van der Waals surface area contributed by atoms with Gasteiger partial charge in [0.1, 0.15) is 11.5 Å². The number of rotatable bonds is 4. The molecular formula is C14H16N2OS. The highest BCUT2D eigenvalue weighted by Gasteiger charge is 2.12. The highest BCUT2D eigenvalue weighted by atomic mass is 32.2. The Labute approximate surface area is 110 Å². The van der Waals surface area contributed by atoms with Crippen LogP contribution in [-0.2, 0) is 22.7 Å². The van der Waals surface area contributed by atoms with Crippen LogP contribution >= 0.6 is 0 Å². The SMILES string of the molecule is Nc1ccccc1C[S+]([O-])Cc1ccccc1N. The molecule has 0 aliphatic rings. The number of anilines is 2. The number of nitrogens with two attached hydrogens (primary N) is 2. The molecule has 3 nitrogen and oxygen atoms in total. The van der Waals surface area contributed by atoms with E-state index in [-0.39, 0.29) is 0 Å². The lowest BCUT2D eigenvalue weighted by atomic mass is 10.2. The molecule has 0 radical (unpaired) electrons. The molecule has 0 saturated heterocycles. The number of hydrogen-bond acceptors (Lipinski definition) is 3. The predicted octanol–water partition coefficient (Wildman–Crippen LogP) is 2.30. The molecule has 2 rings (SSSR count). The van der Waals surface area contributed by atoms with Crippen LogP contribution in [0.1, 0.15) is 11.1 Å². The van der Waals surface area contributed by atoms with Gasteiger partial charge in [-0.2, -0.15) is 0 Å². The average molecular weight is 260 g/mol. The Kier molecular flexibility index (Phi) is 4.12. The molecule has 0 bridgehead atoms. The number of benzene rings is 2. The summed E-state index contributed by atoms with van der Waals surface area (Å²) >= 11 is -1.00. The summed E-state index contributed by atoms with van der Waals surface area (Å²) in [5, 5.41) is 0. The van der Waals surface area contributed by atoms with Crippen molar-refractivity contribution >= 4 is 22.6 Å². The van der Waals surface area contributed by atoms with Crippen LogP contribution in [0.5, 0.6) is 0 Å². The molecule has 0 fully saturated rings. The summed E-state index contributed by atoms with van der Waals surface area (Å²) in [6, 6.07) is 15.0. The van der Waals surface area contributed by atoms with E-state index in [4.69, 9.17) is 11.5 Å². The lowest BCUT2D eigenvalue weighted by molar-refractivity contribution is 0.593. The summed E-state index contributed by atoms with van der Waals surface area (Å²) in [4.78, 5) is 0. The van der Waals surface area contributed by atoms with Gasteiger partial charge in [0.2, 0.25) is 0 Å². The van der Waals surface area contributed by atoms with Gasteiger partial charge in [-0.15, -0.1) is 0 Å². The van der Waals surface area contributed by atoms with E-state index >= 15 is 0 Å². The Morgan fingerprint density at radius 2 is 1.17 bits per heavy atom. The number of para-hydroxylation sites is 2. The molecular weight excluding hydrogens is 244 g/mol. The third-order valence-electron chi connectivity index (χ3n) is 2.74. The van der Waals surface area contributed by atoms with Gasteiger partial charge in [-0.25, -0.2) is 0 Å². The monoisotopic (exact) mass is 260 g/mol. The minimum atomic E-state index is -1.00. The van der Waals surface area contributed by atoms with Crippen LogP contribution in [0.3, 0.4) is 0 Å². The van der Waals surface area contributed by atoms with Gasteiger partial charge in [-0.1, -0.05) is 36.4 Å². The van der Waals surface area contributed by atoms with E-state index in [1.165, 1.54) is 0 Å². The predicted molar refractivity (Wildman–Crippen MR) is 77.3 cm³/mol. The van der Waals surface area contributed by atoms with E-state index in [2.05, 4.69) is 0 Å². The summed E-state index contributed by atoms with van der Waals surface area (Å²) in [7, 11) is 0. The van der Waals surface area contributed by atoms with Crippen molar-refractivity contribution in [3.8, 4) is 0 Å². The zero-order chi connectivity index (χ0) is 13.0. The molecule has 0 heterocycles. The average Bonchev–Trinajstić information content (AvgIpc) is 2.35. The fourth-order valence-corrected chi connectivity index (χ4v) is 3.05. The summed E-state index contributed by atoms with van der Waals surface area (Å²) in [6.45, 7) is 0. The van der Waals surface area contributed by atoms with Crippen molar-refractivity contribution in [3.63, 3.8) is 0 Å². The zero-order valence-electron chi connectivity index (χ0n) is 10.0. The topological polar surface area (TPSA) is 75.1 Å². The minimum Gasteiger partial charge on any atom is -0.616 e. The van der Waals surface area contributed by atoms with E-state index in [9.17, 15) is 4.55 Å². The molecule has 2 aromatic carbocycles. The van der Waals surface area contributed by atoms with Crippen LogP contribution in [0, 0.1) is 0 Å². The van der Waals surface area contributed by atoms with Gasteiger partial charge in [-0.05, 0) is 23.3 Å². The van der Waals surface area contributed by atoms with Gasteiger partial charge in [0, 0.05) is 22.5 Å². The number of nitrogen functional groups attached to an aromatic ring is 2. The van der Waals surface area contributed by atoms with Gasteiger partial charge >= 0.3 is 0 Å². The van der Waals surface area contributed by atoms with Crippen LogP contribution in [0.25, 0.3) is 0 Å². The van der Waals surface area contributed by atoms with Crippen molar-refractivity contribution < 1.29 is 4.55 Å². The molecule has 18 heavy (non-hydrogen) atoms. The van der Waals surface area contributed by atoms with Gasteiger partial charge in [-0.3, -0.25) is 0 Å². The van der Waals surface area contributed by atoms with Crippen molar-refractivity contribution in [1.29, 1.82) is 0 Å². The highest BCUT2D eigenvalue weighted by molar-refractivity contribution is 7.89. The van der Waals surface area contributed by atoms with E-state index in [1.807, 2.05) is 48.5 Å². The normalized spacial score (nSPS) is 10.8. The Bertz CT molecular complexity index is 483. The molecule has 0 unspecified atom stereocenters. The second-order valence-corrected chi connectivity index (χ2v) is 5.58. The molecule has 0 spiro atoms. The quantitative estimate of drug-likeness (QED) is 0.654. The van der Waals surface area contributed by atoms with E-state index in [0.717, 1.165) is 11.1 Å². The van der Waals surface area contributed by atoms with Crippen molar-refractivity contribution in [1.82, 2.24) is 0 Å². The van der Waals surface area contributed by atoms with E-state index in [1.54, 1.807) is 0 Å². The lowest BCUT2D eigenvalue weighted by Gasteiger charge is -2.13. The van der Waals surface area contributed by atoms with Crippen LogP contribution in [-0.4, -0.2) is 4.55 Å². The second kappa shape index (κ2) is 5.80. The molecule has 2 aromatic rings. The van der Waals surface area contributed by atoms with Crippen molar-refractivity contribution in [3.05, 3.63) is 59.7 Å². The molecule has 0 atom stereocenters. The Morgan fingerprint density at radius 1 is 0.778 bits per heavy atom. The molecule has 4 N–H and O–H groups in total. The number of hydrogen-bond donors (Lipinski definition) is 2. The minimum absolute atomic E-state index is 0.459. The summed E-state index contributed by atoms with van der Waals surface area (Å²) in [5.41, 5.74) is 14.9. The Hall–Kier alpha value is -1.65. The van der Waals surface area contributed by atoms with Crippen molar-refractivity contribution in [2.24, 2.45) is 0 Å². The fraction of sp³-hybridized carbons (Fsp3) is 0.143. The first-order valence-electron chi connectivity index (χ1n) is 5.68. The summed E-state index contributed by atoms with van der Waals surface area (Å²) in [6.07, 6.45) is 0. The molecule has 0 saturated carbocycles. The second-order valence-electron chi connectivity index (χ2n) is 4.13. The fourth-order valence-electron chi connectivity index (χ4n) is 1.73. The van der Waals surface area contributed by atoms with Gasteiger partial charge < -0.3 is 16.0 Å². The molecule has 94 valence electrons. The maximum Gasteiger partial charge on any atom is 0.133 e. The van der Waals surface area contributed by atoms with Gasteiger partial charge in [0.25, 0.3) is 0 Å². The maximum absolute atomic E-state index is 12.1. The standard InChI is InChI=1S/C14H16N2OS/c15-13-7-3-1-5-11(13)9-18(17)10-12-6-2-4-8-14(12)16/h1-8H,9-10,15-16H2. The van der Waals surface area contributed by atoms with Crippen LogP contribution < -0.4 is 11.5 Å². The molecule has 0 amide bonds. The molecule has 0 aromatic heterocycles. The molecule has 0 aliphatic carbocycles. The Morgan fingerprint density at radius 3 is 1.56 bits per heavy atom. The van der Waals surface area contributed by atoms with Crippen LogP contribution in [0.15, 0.2) is 48.5 Å². The van der Waals surface area contributed by atoms with E-state index in [0.29, 0.717) is 22.9 Å². The highest BCUT2D eigenvalue weighted by Crippen LogP contribution is 2.19. The first-order valence-corrected chi connectivity index (χ1v) is 7.17. The van der Waals surface area contributed by atoms with Gasteiger partial charge in [0.05, 0.1) is 0 Å². The third-order valence-corrected chi connectivity index (χ3v) is 4.01. The van der Waals surface area contributed by atoms with Crippen LogP contribution in [0.2, 0.25) is 0 Å². The largest absolute Gasteiger partial charge is 0.616 e. The summed E-state index contributed by atoms with van der Waals surface area (Å²) in [5.74, 6) is 0.919. The smallest absolute Gasteiger partial charge is 0.133 e. The summed E-state index contributed by atoms with van der Waals surface area (Å²) < 4.78 is 12.1. The first-order chi connectivity index (χ1) is 8.66. The zero-order valence-corrected chi connectivity index (χ0v) is 10.8.